The average Bonchev–Trinajstić information content (AvgIpc) is 2.77. The summed E-state index contributed by atoms with van der Waals surface area (Å²) in [6.07, 6.45) is 7.99. The molecule has 1 rings (SSSR count). The second kappa shape index (κ2) is 7.29. The lowest BCUT2D eigenvalue weighted by Gasteiger charge is -2.37. The van der Waals surface area contributed by atoms with Gasteiger partial charge in [-0.25, -0.2) is 0 Å². The molecule has 2 nitrogen and oxygen atoms in total. The van der Waals surface area contributed by atoms with E-state index in [2.05, 4.69) is 25.7 Å². The lowest BCUT2D eigenvalue weighted by atomic mass is 9.99. The van der Waals surface area contributed by atoms with E-state index in [0.717, 1.165) is 24.5 Å². The third-order valence-electron chi connectivity index (χ3n) is 4.27. The van der Waals surface area contributed by atoms with Crippen molar-refractivity contribution in [2.45, 2.75) is 71.4 Å². The summed E-state index contributed by atoms with van der Waals surface area (Å²) in [6, 6.07) is 1.50. The highest BCUT2D eigenvalue weighted by atomic mass is 15.2. The summed E-state index contributed by atoms with van der Waals surface area (Å²) in [5.41, 5.74) is 5.91. The molecular weight excluding hydrogens is 196 g/mol. The first kappa shape index (κ1) is 14.0. The van der Waals surface area contributed by atoms with Crippen LogP contribution in [0.15, 0.2) is 0 Å². The quantitative estimate of drug-likeness (QED) is 0.723. The first-order chi connectivity index (χ1) is 7.74. The van der Waals surface area contributed by atoms with E-state index in [4.69, 9.17) is 5.73 Å². The molecule has 2 heteroatoms. The van der Waals surface area contributed by atoms with Crippen LogP contribution < -0.4 is 5.73 Å². The fourth-order valence-electron chi connectivity index (χ4n) is 3.02. The molecule has 0 heterocycles. The Morgan fingerprint density at radius 3 is 2.62 bits per heavy atom. The van der Waals surface area contributed by atoms with Crippen LogP contribution in [0, 0.1) is 5.92 Å². The summed E-state index contributed by atoms with van der Waals surface area (Å²) in [5, 5.41) is 0. The highest BCUT2D eigenvalue weighted by Gasteiger charge is 2.32. The van der Waals surface area contributed by atoms with Gasteiger partial charge in [-0.05, 0) is 51.6 Å². The van der Waals surface area contributed by atoms with E-state index in [1.165, 1.54) is 45.1 Å². The molecule has 3 atom stereocenters. The minimum Gasteiger partial charge on any atom is -0.330 e. The van der Waals surface area contributed by atoms with Crippen molar-refractivity contribution in [2.75, 3.05) is 13.1 Å². The maximum absolute atomic E-state index is 5.91. The van der Waals surface area contributed by atoms with Crippen LogP contribution in [0.3, 0.4) is 0 Å². The summed E-state index contributed by atoms with van der Waals surface area (Å²) < 4.78 is 0. The number of nitrogens with two attached hydrogens (primary N) is 1. The van der Waals surface area contributed by atoms with Crippen molar-refractivity contribution in [3.63, 3.8) is 0 Å². The van der Waals surface area contributed by atoms with Crippen molar-refractivity contribution in [3.05, 3.63) is 0 Å². The number of rotatable bonds is 7. The Morgan fingerprint density at radius 2 is 2.06 bits per heavy atom. The third-order valence-corrected chi connectivity index (χ3v) is 4.27. The zero-order valence-electron chi connectivity index (χ0n) is 11.4. The molecule has 0 bridgehead atoms. The normalized spacial score (nSPS) is 27.6. The largest absolute Gasteiger partial charge is 0.330 e. The van der Waals surface area contributed by atoms with Crippen molar-refractivity contribution in [1.29, 1.82) is 0 Å². The molecule has 1 aliphatic rings. The van der Waals surface area contributed by atoms with Gasteiger partial charge in [0.2, 0.25) is 0 Å². The topological polar surface area (TPSA) is 29.3 Å². The average molecular weight is 226 g/mol. The zero-order chi connectivity index (χ0) is 12.0. The van der Waals surface area contributed by atoms with Gasteiger partial charge in [0.1, 0.15) is 0 Å². The molecule has 1 aliphatic carbocycles. The Labute approximate surface area is 102 Å². The van der Waals surface area contributed by atoms with Gasteiger partial charge >= 0.3 is 0 Å². The molecule has 1 fully saturated rings. The lowest BCUT2D eigenvalue weighted by molar-refractivity contribution is 0.111. The van der Waals surface area contributed by atoms with Crippen LogP contribution in [0.2, 0.25) is 0 Å². The van der Waals surface area contributed by atoms with Crippen molar-refractivity contribution in [2.24, 2.45) is 11.7 Å². The predicted octanol–water partition coefficient (Wildman–Crippen LogP) is 3.01. The molecule has 96 valence electrons. The maximum Gasteiger partial charge on any atom is 0.0138 e. The smallest absolute Gasteiger partial charge is 0.0138 e. The van der Waals surface area contributed by atoms with Crippen LogP contribution in [0.25, 0.3) is 0 Å². The minimum atomic E-state index is 0.726. The maximum atomic E-state index is 5.91. The Hall–Kier alpha value is -0.0800. The molecule has 0 aromatic carbocycles. The van der Waals surface area contributed by atoms with Crippen LogP contribution in [0.5, 0.6) is 0 Å². The molecular formula is C14H30N2. The molecule has 0 spiro atoms. The summed E-state index contributed by atoms with van der Waals surface area (Å²) in [7, 11) is 0. The van der Waals surface area contributed by atoms with Gasteiger partial charge in [-0.3, -0.25) is 4.90 Å². The minimum absolute atomic E-state index is 0.726. The molecule has 1 saturated carbocycles. The summed E-state index contributed by atoms with van der Waals surface area (Å²) >= 11 is 0. The van der Waals surface area contributed by atoms with E-state index < -0.39 is 0 Å². The molecule has 16 heavy (non-hydrogen) atoms. The summed E-state index contributed by atoms with van der Waals surface area (Å²) in [5.74, 6) is 0.755. The second-order valence-corrected chi connectivity index (χ2v) is 5.34. The van der Waals surface area contributed by atoms with Crippen molar-refractivity contribution < 1.29 is 0 Å². The molecule has 0 aliphatic heterocycles. The van der Waals surface area contributed by atoms with Gasteiger partial charge in [-0.15, -0.1) is 0 Å². The summed E-state index contributed by atoms with van der Waals surface area (Å²) in [4.78, 5) is 2.74. The summed E-state index contributed by atoms with van der Waals surface area (Å²) in [6.45, 7) is 9.11. The lowest BCUT2D eigenvalue weighted by Crippen LogP contribution is -2.45. The van der Waals surface area contributed by atoms with E-state index in [-0.39, 0.29) is 0 Å². The van der Waals surface area contributed by atoms with E-state index in [1.807, 2.05) is 0 Å². The van der Waals surface area contributed by atoms with Gasteiger partial charge in [0.05, 0.1) is 0 Å². The Bertz CT molecular complexity index is 182. The molecule has 3 unspecified atom stereocenters. The molecule has 0 amide bonds. The predicted molar refractivity (Wildman–Crippen MR) is 71.6 cm³/mol. The fraction of sp³-hybridized carbons (Fsp3) is 1.00. The van der Waals surface area contributed by atoms with E-state index >= 15 is 0 Å². The monoisotopic (exact) mass is 226 g/mol. The van der Waals surface area contributed by atoms with Crippen molar-refractivity contribution >= 4 is 0 Å². The van der Waals surface area contributed by atoms with Crippen molar-refractivity contribution in [3.8, 4) is 0 Å². The number of hydrogen-bond acceptors (Lipinski definition) is 2. The highest BCUT2D eigenvalue weighted by molar-refractivity contribution is 4.87. The Kier molecular flexibility index (Phi) is 6.37. The third kappa shape index (κ3) is 3.46. The van der Waals surface area contributed by atoms with Crippen molar-refractivity contribution in [1.82, 2.24) is 4.90 Å². The molecule has 0 aromatic heterocycles. The number of nitrogens with zero attached hydrogens (tertiary/aromatic N) is 1. The SMILES string of the molecule is CCCCN(C(C)CC)C1CCCC1CN. The van der Waals surface area contributed by atoms with Gasteiger partial charge in [0.15, 0.2) is 0 Å². The number of unbranched alkanes of at least 4 members (excludes halogenated alkanes) is 1. The number of hydrogen-bond donors (Lipinski definition) is 1. The molecule has 2 N–H and O–H groups in total. The van der Waals surface area contributed by atoms with E-state index in [9.17, 15) is 0 Å². The first-order valence-corrected chi connectivity index (χ1v) is 7.20. The molecule has 0 radical (unpaired) electrons. The zero-order valence-corrected chi connectivity index (χ0v) is 11.4. The second-order valence-electron chi connectivity index (χ2n) is 5.34. The standard InChI is InChI=1S/C14H30N2/c1-4-6-10-16(12(3)5-2)14-9-7-8-13(14)11-15/h12-14H,4-11,15H2,1-3H3. The highest BCUT2D eigenvalue weighted by Crippen LogP contribution is 2.31. The molecule has 0 saturated heterocycles. The first-order valence-electron chi connectivity index (χ1n) is 7.20. The Balaban J connectivity index is 2.59. The van der Waals surface area contributed by atoms with Gasteiger partial charge in [-0.1, -0.05) is 26.7 Å². The van der Waals surface area contributed by atoms with Crippen LogP contribution in [0.1, 0.15) is 59.3 Å². The van der Waals surface area contributed by atoms with Gasteiger partial charge in [0.25, 0.3) is 0 Å². The van der Waals surface area contributed by atoms with E-state index in [1.54, 1.807) is 0 Å². The van der Waals surface area contributed by atoms with Crippen LogP contribution in [-0.4, -0.2) is 30.1 Å². The van der Waals surface area contributed by atoms with Gasteiger partial charge in [-0.2, -0.15) is 0 Å². The van der Waals surface area contributed by atoms with Gasteiger partial charge < -0.3 is 5.73 Å². The van der Waals surface area contributed by atoms with Crippen LogP contribution >= 0.6 is 0 Å². The molecule has 0 aromatic rings. The van der Waals surface area contributed by atoms with Gasteiger partial charge in [0, 0.05) is 12.1 Å². The fourth-order valence-corrected chi connectivity index (χ4v) is 3.02. The van der Waals surface area contributed by atoms with E-state index in [0.29, 0.717) is 0 Å². The van der Waals surface area contributed by atoms with Crippen LogP contribution in [-0.2, 0) is 0 Å². The van der Waals surface area contributed by atoms with Crippen LogP contribution in [0.4, 0.5) is 0 Å². The Morgan fingerprint density at radius 1 is 1.31 bits per heavy atom.